The lowest BCUT2D eigenvalue weighted by Gasteiger charge is -2.34. The molecule has 4 rings (SSSR count). The number of carboxylic acids is 1. The number of halogens is 1. The van der Waals surface area contributed by atoms with E-state index in [1.165, 1.54) is 36.4 Å². The quantitative estimate of drug-likeness (QED) is 0.282. The van der Waals surface area contributed by atoms with Gasteiger partial charge in [0, 0.05) is 31.5 Å². The van der Waals surface area contributed by atoms with Crippen molar-refractivity contribution in [3.63, 3.8) is 0 Å². The molecule has 38 heavy (non-hydrogen) atoms. The Labute approximate surface area is 219 Å². The number of carbonyl (C=O) groups is 2. The van der Waals surface area contributed by atoms with Gasteiger partial charge in [-0.05, 0) is 43.2 Å². The molecule has 1 aliphatic heterocycles. The SMILES string of the molecule is O=C(O)CC(NC(=O)c1cccc(N2CCC(Nc3ncccn3)CC2)c1F)NS(=O)(=O)c1ccccc1. The molecule has 3 aromatic rings. The summed E-state index contributed by atoms with van der Waals surface area (Å²) in [5, 5.41) is 14.8. The first-order valence-corrected chi connectivity index (χ1v) is 13.4. The predicted molar refractivity (Wildman–Crippen MR) is 138 cm³/mol. The van der Waals surface area contributed by atoms with Crippen molar-refractivity contribution < 1.29 is 27.5 Å². The Kier molecular flexibility index (Phi) is 8.48. The number of aliphatic carboxylic acids is 1. The van der Waals surface area contributed by atoms with E-state index < -0.39 is 40.3 Å². The van der Waals surface area contributed by atoms with Crippen LogP contribution in [0, 0.1) is 5.82 Å². The van der Waals surface area contributed by atoms with E-state index in [4.69, 9.17) is 0 Å². The Hall–Kier alpha value is -4.10. The van der Waals surface area contributed by atoms with Gasteiger partial charge in [-0.3, -0.25) is 9.59 Å². The Bertz CT molecular complexity index is 1370. The molecule has 1 fully saturated rings. The molecule has 0 bridgehead atoms. The molecule has 1 aliphatic rings. The third-order valence-corrected chi connectivity index (χ3v) is 7.48. The number of nitrogens with one attached hydrogen (secondary N) is 3. The molecule has 2 heterocycles. The molecule has 0 saturated carbocycles. The number of carbonyl (C=O) groups excluding carboxylic acids is 1. The highest BCUT2D eigenvalue weighted by molar-refractivity contribution is 7.89. The van der Waals surface area contributed by atoms with Gasteiger partial charge in [-0.2, -0.15) is 4.72 Å². The minimum atomic E-state index is -4.14. The van der Waals surface area contributed by atoms with Gasteiger partial charge in [0.25, 0.3) is 5.91 Å². The summed E-state index contributed by atoms with van der Waals surface area (Å²) in [6, 6.07) is 13.5. The third kappa shape index (κ3) is 6.81. The van der Waals surface area contributed by atoms with Crippen molar-refractivity contribution in [1.29, 1.82) is 0 Å². The number of benzene rings is 2. The Morgan fingerprint density at radius 1 is 1.03 bits per heavy atom. The second-order valence-electron chi connectivity index (χ2n) is 8.67. The van der Waals surface area contributed by atoms with Gasteiger partial charge in [-0.25, -0.2) is 22.8 Å². The van der Waals surface area contributed by atoms with Crippen LogP contribution in [-0.4, -0.2) is 60.7 Å². The number of sulfonamides is 1. The molecule has 13 heteroatoms. The number of carboxylic acid groups (broad SMARTS) is 1. The van der Waals surface area contributed by atoms with Crippen LogP contribution in [0.4, 0.5) is 16.0 Å². The van der Waals surface area contributed by atoms with E-state index in [0.29, 0.717) is 31.9 Å². The first kappa shape index (κ1) is 26.9. The van der Waals surface area contributed by atoms with Gasteiger partial charge in [-0.1, -0.05) is 24.3 Å². The Morgan fingerprint density at radius 3 is 2.37 bits per heavy atom. The average molecular weight is 543 g/mol. The van der Waals surface area contributed by atoms with Crippen molar-refractivity contribution in [2.75, 3.05) is 23.3 Å². The topological polar surface area (TPSA) is 154 Å². The van der Waals surface area contributed by atoms with Crippen molar-refractivity contribution in [2.24, 2.45) is 0 Å². The smallest absolute Gasteiger partial charge is 0.306 e. The highest BCUT2D eigenvalue weighted by Crippen LogP contribution is 2.26. The number of aromatic nitrogens is 2. The second kappa shape index (κ2) is 12.0. The highest BCUT2D eigenvalue weighted by atomic mass is 32.2. The van der Waals surface area contributed by atoms with Gasteiger partial charge in [0.05, 0.1) is 22.6 Å². The molecular weight excluding hydrogens is 515 g/mol. The van der Waals surface area contributed by atoms with Crippen molar-refractivity contribution in [3.05, 3.63) is 78.4 Å². The minimum Gasteiger partial charge on any atom is -0.481 e. The summed E-state index contributed by atoms with van der Waals surface area (Å²) in [5.74, 6) is -2.54. The molecule has 1 atom stereocenters. The number of piperidine rings is 1. The van der Waals surface area contributed by atoms with E-state index in [9.17, 15) is 23.1 Å². The van der Waals surface area contributed by atoms with Gasteiger partial charge in [0.1, 0.15) is 6.17 Å². The standard InChI is InChI=1S/C25H27FN6O5S/c26-23-19(24(35)30-21(16-22(33)34)31-38(36,37)18-6-2-1-3-7-18)8-4-9-20(23)32-14-10-17(11-15-32)29-25-27-12-5-13-28-25/h1-9,12-13,17,21,31H,10-11,14-16H2,(H,30,35)(H,33,34)(H,27,28,29). The van der Waals surface area contributed by atoms with E-state index in [1.807, 2.05) is 4.90 Å². The number of nitrogens with zero attached hydrogens (tertiary/aromatic N) is 3. The molecule has 200 valence electrons. The lowest BCUT2D eigenvalue weighted by Crippen LogP contribution is -2.49. The Morgan fingerprint density at radius 2 is 1.71 bits per heavy atom. The summed E-state index contributed by atoms with van der Waals surface area (Å²) in [6.07, 6.45) is 2.42. The summed E-state index contributed by atoms with van der Waals surface area (Å²) >= 11 is 0. The number of hydrogen-bond acceptors (Lipinski definition) is 8. The molecule has 4 N–H and O–H groups in total. The van der Waals surface area contributed by atoms with Crippen molar-refractivity contribution in [1.82, 2.24) is 20.0 Å². The molecule has 1 aromatic heterocycles. The van der Waals surface area contributed by atoms with Crippen LogP contribution in [-0.2, 0) is 14.8 Å². The molecule has 0 radical (unpaired) electrons. The number of rotatable bonds is 10. The van der Waals surface area contributed by atoms with Gasteiger partial charge < -0.3 is 20.6 Å². The second-order valence-corrected chi connectivity index (χ2v) is 10.4. The normalized spacial score (nSPS) is 15.0. The third-order valence-electron chi connectivity index (χ3n) is 5.99. The fourth-order valence-electron chi connectivity index (χ4n) is 4.15. The van der Waals surface area contributed by atoms with Crippen LogP contribution in [0.5, 0.6) is 0 Å². The molecule has 2 aromatic carbocycles. The van der Waals surface area contributed by atoms with Crippen molar-refractivity contribution >= 4 is 33.5 Å². The predicted octanol–water partition coefficient (Wildman–Crippen LogP) is 2.21. The Balaban J connectivity index is 1.44. The molecule has 0 spiro atoms. The molecule has 1 unspecified atom stereocenters. The number of amides is 1. The van der Waals surface area contributed by atoms with Crippen molar-refractivity contribution in [2.45, 2.75) is 36.4 Å². The maximum atomic E-state index is 15.5. The zero-order valence-corrected chi connectivity index (χ0v) is 21.1. The van der Waals surface area contributed by atoms with Crippen LogP contribution in [0.3, 0.4) is 0 Å². The summed E-state index contributed by atoms with van der Waals surface area (Å²) in [7, 11) is -4.14. The number of anilines is 2. The van der Waals surface area contributed by atoms with Crippen LogP contribution in [0.2, 0.25) is 0 Å². The fourth-order valence-corrected chi connectivity index (χ4v) is 5.32. The first-order valence-electron chi connectivity index (χ1n) is 11.9. The van der Waals surface area contributed by atoms with Gasteiger partial charge in [0.15, 0.2) is 5.82 Å². The molecule has 1 saturated heterocycles. The lowest BCUT2D eigenvalue weighted by molar-refractivity contribution is -0.137. The largest absolute Gasteiger partial charge is 0.481 e. The molecule has 1 amide bonds. The monoisotopic (exact) mass is 542 g/mol. The van der Waals surface area contributed by atoms with E-state index in [2.05, 4.69) is 25.3 Å². The van der Waals surface area contributed by atoms with Crippen LogP contribution in [0.25, 0.3) is 0 Å². The van der Waals surface area contributed by atoms with Crippen LogP contribution in [0.1, 0.15) is 29.6 Å². The molecule has 11 nitrogen and oxygen atoms in total. The van der Waals surface area contributed by atoms with Crippen molar-refractivity contribution in [3.8, 4) is 0 Å². The summed E-state index contributed by atoms with van der Waals surface area (Å²) in [5.41, 5.74) is -0.0959. The first-order chi connectivity index (χ1) is 18.2. The zero-order valence-electron chi connectivity index (χ0n) is 20.2. The summed E-state index contributed by atoms with van der Waals surface area (Å²) in [6.45, 7) is 1.04. The summed E-state index contributed by atoms with van der Waals surface area (Å²) in [4.78, 5) is 34.3. The maximum Gasteiger partial charge on any atom is 0.306 e. The molecule has 0 aliphatic carbocycles. The van der Waals surface area contributed by atoms with E-state index in [1.54, 1.807) is 30.6 Å². The average Bonchev–Trinajstić information content (AvgIpc) is 2.90. The summed E-state index contributed by atoms with van der Waals surface area (Å²) < 4.78 is 43.0. The minimum absolute atomic E-state index is 0.102. The fraction of sp³-hybridized carbons (Fsp3) is 0.280. The molecular formula is C25H27FN6O5S. The van der Waals surface area contributed by atoms with Gasteiger partial charge in [0.2, 0.25) is 16.0 Å². The lowest BCUT2D eigenvalue weighted by atomic mass is 10.0. The maximum absolute atomic E-state index is 15.5. The number of hydrogen-bond donors (Lipinski definition) is 4. The van der Waals surface area contributed by atoms with E-state index >= 15 is 4.39 Å². The van der Waals surface area contributed by atoms with E-state index in [-0.39, 0.29) is 22.2 Å². The zero-order chi connectivity index (χ0) is 27.1. The van der Waals surface area contributed by atoms with E-state index in [0.717, 1.165) is 0 Å². The van der Waals surface area contributed by atoms with Crippen LogP contribution >= 0.6 is 0 Å². The van der Waals surface area contributed by atoms with Gasteiger partial charge >= 0.3 is 5.97 Å². The van der Waals surface area contributed by atoms with Gasteiger partial charge in [-0.15, -0.1) is 0 Å². The highest BCUT2D eigenvalue weighted by Gasteiger charge is 2.27. The van der Waals surface area contributed by atoms with Crippen LogP contribution < -0.4 is 20.3 Å². The van der Waals surface area contributed by atoms with Crippen LogP contribution in [0.15, 0.2) is 71.9 Å².